The van der Waals surface area contributed by atoms with E-state index in [1.54, 1.807) is 24.3 Å². The zero-order chi connectivity index (χ0) is 12.0. The van der Waals surface area contributed by atoms with Crippen LogP contribution in [0.3, 0.4) is 0 Å². The first-order valence-corrected chi connectivity index (χ1v) is 7.66. The molecule has 0 N–H and O–H groups in total. The van der Waals surface area contributed by atoms with Gasteiger partial charge in [-0.2, -0.15) is 0 Å². The van der Waals surface area contributed by atoms with E-state index in [0.717, 1.165) is 4.47 Å². The number of sulfone groups is 1. The number of alkyl halides is 1. The molecule has 0 heterocycles. The Balaban J connectivity index is 2.64. The Hall–Kier alpha value is -0.100. The Morgan fingerprint density at radius 1 is 1.31 bits per heavy atom. The second-order valence-corrected chi connectivity index (χ2v) is 6.48. The van der Waals surface area contributed by atoms with Crippen LogP contribution in [0.25, 0.3) is 0 Å². The molecule has 1 aromatic rings. The lowest BCUT2D eigenvalue weighted by Crippen LogP contribution is -2.13. The molecule has 0 aliphatic carbocycles. The molecule has 0 atom stereocenters. The number of hydrogen-bond acceptors (Lipinski definition) is 3. The van der Waals surface area contributed by atoms with Gasteiger partial charge in [0.2, 0.25) is 0 Å². The van der Waals surface area contributed by atoms with E-state index in [9.17, 15) is 8.42 Å². The molecule has 0 bridgehead atoms. The maximum atomic E-state index is 11.8. The fraction of sp³-hybridized carbons (Fsp3) is 0.400. The highest BCUT2D eigenvalue weighted by Gasteiger charge is 2.14. The Bertz CT molecular complexity index is 433. The summed E-state index contributed by atoms with van der Waals surface area (Å²) in [5.74, 6) is 0.345. The van der Waals surface area contributed by atoms with E-state index in [4.69, 9.17) is 16.3 Å². The Morgan fingerprint density at radius 2 is 2.06 bits per heavy atom. The van der Waals surface area contributed by atoms with Crippen LogP contribution in [-0.2, 0) is 14.6 Å². The van der Waals surface area contributed by atoms with Gasteiger partial charge in [0.25, 0.3) is 0 Å². The minimum Gasteiger partial charge on any atom is -0.379 e. The van der Waals surface area contributed by atoms with Crippen LogP contribution < -0.4 is 0 Å². The minimum atomic E-state index is -3.26. The summed E-state index contributed by atoms with van der Waals surface area (Å²) in [5.41, 5.74) is 0. The first kappa shape index (κ1) is 14.0. The molecule has 0 radical (unpaired) electrons. The maximum absolute atomic E-state index is 11.8. The average molecular weight is 328 g/mol. The van der Waals surface area contributed by atoms with Crippen LogP contribution in [0.1, 0.15) is 0 Å². The van der Waals surface area contributed by atoms with Gasteiger partial charge in [0, 0.05) is 10.4 Å². The molecule has 0 unspecified atom stereocenters. The number of hydrogen-bond donors (Lipinski definition) is 0. The second kappa shape index (κ2) is 6.59. The molecular formula is C10H12BrClO3S. The molecule has 0 aliphatic rings. The predicted molar refractivity (Wildman–Crippen MR) is 67.7 cm³/mol. The maximum Gasteiger partial charge on any atom is 0.180 e. The summed E-state index contributed by atoms with van der Waals surface area (Å²) in [7, 11) is -3.26. The van der Waals surface area contributed by atoms with Crippen molar-refractivity contribution in [2.75, 3.05) is 24.8 Å². The Labute approximate surface area is 109 Å². The van der Waals surface area contributed by atoms with E-state index in [-0.39, 0.29) is 12.4 Å². The van der Waals surface area contributed by atoms with Gasteiger partial charge in [-0.1, -0.05) is 22.0 Å². The summed E-state index contributed by atoms with van der Waals surface area (Å²) in [6.45, 7) is 0.539. The summed E-state index contributed by atoms with van der Waals surface area (Å²) in [5, 5.41) is 0. The van der Waals surface area contributed by atoms with Crippen molar-refractivity contribution in [3.05, 3.63) is 28.7 Å². The summed E-state index contributed by atoms with van der Waals surface area (Å²) < 4.78 is 29.4. The highest BCUT2D eigenvalue weighted by Crippen LogP contribution is 2.17. The lowest BCUT2D eigenvalue weighted by molar-refractivity contribution is 0.165. The fourth-order valence-corrected chi connectivity index (χ4v) is 2.93. The van der Waals surface area contributed by atoms with Crippen molar-refractivity contribution in [1.29, 1.82) is 0 Å². The van der Waals surface area contributed by atoms with Gasteiger partial charge in [-0.3, -0.25) is 0 Å². The normalized spacial score (nSPS) is 11.6. The van der Waals surface area contributed by atoms with Gasteiger partial charge in [-0.05, 0) is 18.2 Å². The first-order valence-electron chi connectivity index (χ1n) is 4.68. The quantitative estimate of drug-likeness (QED) is 0.595. The van der Waals surface area contributed by atoms with Gasteiger partial charge in [0.1, 0.15) is 0 Å². The third kappa shape index (κ3) is 4.41. The van der Waals surface area contributed by atoms with Crippen molar-refractivity contribution < 1.29 is 13.2 Å². The highest BCUT2D eigenvalue weighted by molar-refractivity contribution is 9.10. The molecule has 0 saturated heterocycles. The smallest absolute Gasteiger partial charge is 0.180 e. The number of halogens is 2. The Kier molecular flexibility index (Phi) is 5.75. The minimum absolute atomic E-state index is 0.0274. The first-order chi connectivity index (χ1) is 7.56. The summed E-state index contributed by atoms with van der Waals surface area (Å²) >= 11 is 8.64. The molecule has 0 amide bonds. The van der Waals surface area contributed by atoms with E-state index >= 15 is 0 Å². The lowest BCUT2D eigenvalue weighted by atomic mass is 10.4. The summed E-state index contributed by atoms with van der Waals surface area (Å²) in [6, 6.07) is 6.62. The zero-order valence-corrected chi connectivity index (χ0v) is 11.7. The topological polar surface area (TPSA) is 43.4 Å². The summed E-state index contributed by atoms with van der Waals surface area (Å²) in [6.07, 6.45) is 0. The van der Waals surface area contributed by atoms with Crippen LogP contribution in [-0.4, -0.2) is 33.3 Å². The van der Waals surface area contributed by atoms with E-state index < -0.39 is 9.84 Å². The standard InChI is InChI=1S/C10H12BrClO3S/c11-9-2-1-3-10(8-9)16(13,14)7-6-15-5-4-12/h1-3,8H,4-7H2. The van der Waals surface area contributed by atoms with Gasteiger partial charge < -0.3 is 4.74 Å². The van der Waals surface area contributed by atoms with Crippen molar-refractivity contribution in [1.82, 2.24) is 0 Å². The van der Waals surface area contributed by atoms with Crippen LogP contribution in [0, 0.1) is 0 Å². The molecule has 0 spiro atoms. The van der Waals surface area contributed by atoms with Crippen molar-refractivity contribution >= 4 is 37.4 Å². The van der Waals surface area contributed by atoms with Crippen LogP contribution in [0.2, 0.25) is 0 Å². The molecular weight excluding hydrogens is 316 g/mol. The molecule has 1 rings (SSSR count). The van der Waals surface area contributed by atoms with Crippen LogP contribution >= 0.6 is 27.5 Å². The number of benzene rings is 1. The number of ether oxygens (including phenoxy) is 1. The second-order valence-electron chi connectivity index (χ2n) is 3.08. The molecule has 0 saturated carbocycles. The van der Waals surface area contributed by atoms with Gasteiger partial charge in [-0.25, -0.2) is 8.42 Å². The molecule has 3 nitrogen and oxygen atoms in total. The molecule has 1 aromatic carbocycles. The largest absolute Gasteiger partial charge is 0.379 e. The average Bonchev–Trinajstić information content (AvgIpc) is 2.24. The molecule has 0 fully saturated rings. The van der Waals surface area contributed by atoms with Gasteiger partial charge in [-0.15, -0.1) is 11.6 Å². The summed E-state index contributed by atoms with van der Waals surface area (Å²) in [4.78, 5) is 0.302. The van der Waals surface area contributed by atoms with E-state index in [1.165, 1.54) is 0 Å². The van der Waals surface area contributed by atoms with Gasteiger partial charge >= 0.3 is 0 Å². The SMILES string of the molecule is O=S(=O)(CCOCCCl)c1cccc(Br)c1. The highest BCUT2D eigenvalue weighted by atomic mass is 79.9. The molecule has 6 heteroatoms. The van der Waals surface area contributed by atoms with Crippen molar-refractivity contribution in [2.45, 2.75) is 4.90 Å². The molecule has 0 aliphatic heterocycles. The predicted octanol–water partition coefficient (Wildman–Crippen LogP) is 2.48. The fourth-order valence-electron chi connectivity index (χ4n) is 1.10. The lowest BCUT2D eigenvalue weighted by Gasteiger charge is -2.05. The van der Waals surface area contributed by atoms with Crippen LogP contribution in [0.4, 0.5) is 0 Å². The van der Waals surface area contributed by atoms with Crippen molar-refractivity contribution in [3.8, 4) is 0 Å². The van der Waals surface area contributed by atoms with E-state index in [1.807, 2.05) is 0 Å². The van der Waals surface area contributed by atoms with Crippen LogP contribution in [0.15, 0.2) is 33.6 Å². The van der Waals surface area contributed by atoms with Gasteiger partial charge in [0.15, 0.2) is 9.84 Å². The molecule has 0 aromatic heterocycles. The molecule has 16 heavy (non-hydrogen) atoms. The third-order valence-corrected chi connectivity index (χ3v) is 4.20. The monoisotopic (exact) mass is 326 g/mol. The van der Waals surface area contributed by atoms with E-state index in [0.29, 0.717) is 17.4 Å². The van der Waals surface area contributed by atoms with Gasteiger partial charge in [0.05, 0.1) is 23.9 Å². The molecule has 90 valence electrons. The number of rotatable bonds is 6. The third-order valence-electron chi connectivity index (χ3n) is 1.87. The van der Waals surface area contributed by atoms with Crippen molar-refractivity contribution in [3.63, 3.8) is 0 Å². The van der Waals surface area contributed by atoms with Crippen LogP contribution in [0.5, 0.6) is 0 Å². The van der Waals surface area contributed by atoms with Crippen molar-refractivity contribution in [2.24, 2.45) is 0 Å². The van der Waals surface area contributed by atoms with E-state index in [2.05, 4.69) is 15.9 Å². The Morgan fingerprint density at radius 3 is 2.69 bits per heavy atom. The zero-order valence-electron chi connectivity index (χ0n) is 8.53.